The molecular weight excluding hydrogens is 391 g/mol. The Bertz CT molecular complexity index is 837. The first-order chi connectivity index (χ1) is 11.9. The summed E-state index contributed by atoms with van der Waals surface area (Å²) in [5.41, 5.74) is 6.69. The number of carbonyl (C=O) groups excluding carboxylic acids is 2. The van der Waals surface area contributed by atoms with Gasteiger partial charge in [0.1, 0.15) is 17.6 Å². The molecule has 0 fully saturated rings. The van der Waals surface area contributed by atoms with E-state index in [4.69, 9.17) is 5.73 Å². The van der Waals surface area contributed by atoms with Crippen LogP contribution in [0.5, 0.6) is 0 Å². The maximum atomic E-state index is 13.1. The molecule has 2 aromatic carbocycles. The van der Waals surface area contributed by atoms with Crippen LogP contribution < -0.4 is 16.1 Å². The first kappa shape index (κ1) is 17.1. The number of benzene rings is 2. The van der Waals surface area contributed by atoms with E-state index in [0.717, 1.165) is 4.47 Å². The molecule has 1 heterocycles. The Morgan fingerprint density at radius 2 is 1.80 bits per heavy atom. The van der Waals surface area contributed by atoms with Gasteiger partial charge >= 0.3 is 0 Å². The van der Waals surface area contributed by atoms with Gasteiger partial charge in [0.25, 0.3) is 5.91 Å². The van der Waals surface area contributed by atoms with Crippen molar-refractivity contribution in [2.45, 2.75) is 12.5 Å². The zero-order chi connectivity index (χ0) is 18.0. The molecule has 0 bridgehead atoms. The second-order valence-electron chi connectivity index (χ2n) is 5.45. The number of rotatable bonds is 4. The number of halogens is 2. The van der Waals surface area contributed by atoms with Crippen LogP contribution in [0.25, 0.3) is 0 Å². The van der Waals surface area contributed by atoms with Gasteiger partial charge in [-0.15, -0.1) is 0 Å². The van der Waals surface area contributed by atoms with Crippen LogP contribution >= 0.6 is 15.9 Å². The molecule has 3 N–H and O–H groups in total. The highest BCUT2D eigenvalue weighted by atomic mass is 79.9. The van der Waals surface area contributed by atoms with Crippen molar-refractivity contribution in [1.82, 2.24) is 0 Å². The molecule has 0 aromatic heterocycles. The molecule has 0 spiro atoms. The van der Waals surface area contributed by atoms with Gasteiger partial charge in [0.15, 0.2) is 0 Å². The van der Waals surface area contributed by atoms with E-state index in [1.807, 2.05) is 0 Å². The number of hydrazone groups is 1. The molecule has 1 unspecified atom stereocenters. The third-order valence-electron chi connectivity index (χ3n) is 3.69. The fourth-order valence-electron chi connectivity index (χ4n) is 2.44. The molecule has 1 atom stereocenters. The van der Waals surface area contributed by atoms with Gasteiger partial charge in [0, 0.05) is 16.6 Å². The van der Waals surface area contributed by atoms with Crippen LogP contribution in [0.1, 0.15) is 6.42 Å². The number of carbonyl (C=O) groups is 2. The molecule has 128 valence electrons. The lowest BCUT2D eigenvalue weighted by molar-refractivity contribution is -0.119. The summed E-state index contributed by atoms with van der Waals surface area (Å²) in [7, 11) is 0. The van der Waals surface area contributed by atoms with Crippen LogP contribution in [0.2, 0.25) is 0 Å². The Labute approximate surface area is 151 Å². The summed E-state index contributed by atoms with van der Waals surface area (Å²) < 4.78 is 14.0. The SMILES string of the molecule is NC(=O)C1CC(C(=O)Nc2ccc(Br)cc2)=NN1c1ccc(F)cc1. The molecule has 1 aliphatic heterocycles. The summed E-state index contributed by atoms with van der Waals surface area (Å²) in [6.45, 7) is 0. The minimum atomic E-state index is -0.795. The molecule has 0 aliphatic carbocycles. The highest BCUT2D eigenvalue weighted by Crippen LogP contribution is 2.25. The van der Waals surface area contributed by atoms with Crippen molar-refractivity contribution in [2.75, 3.05) is 10.3 Å². The third kappa shape index (κ3) is 3.85. The Balaban J connectivity index is 1.82. The molecule has 2 aromatic rings. The largest absolute Gasteiger partial charge is 0.368 e. The maximum Gasteiger partial charge on any atom is 0.271 e. The lowest BCUT2D eigenvalue weighted by atomic mass is 10.1. The van der Waals surface area contributed by atoms with Crippen molar-refractivity contribution < 1.29 is 14.0 Å². The zero-order valence-electron chi connectivity index (χ0n) is 12.9. The molecule has 0 saturated carbocycles. The van der Waals surface area contributed by atoms with Crippen LogP contribution in [0.3, 0.4) is 0 Å². The number of hydrogen-bond donors (Lipinski definition) is 2. The van der Waals surface area contributed by atoms with Gasteiger partial charge in [-0.1, -0.05) is 15.9 Å². The standard InChI is InChI=1S/C17H14BrFN4O2/c18-10-1-5-12(6-2-10)21-17(25)14-9-15(16(20)24)23(22-14)13-7-3-11(19)4-8-13/h1-8,15H,9H2,(H2,20,24)(H,21,25). The van der Waals surface area contributed by atoms with Gasteiger partial charge < -0.3 is 11.1 Å². The Kier molecular flexibility index (Phi) is 4.80. The summed E-state index contributed by atoms with van der Waals surface area (Å²) >= 11 is 3.32. The predicted octanol–water partition coefficient (Wildman–Crippen LogP) is 2.65. The highest BCUT2D eigenvalue weighted by molar-refractivity contribution is 9.10. The maximum absolute atomic E-state index is 13.1. The highest BCUT2D eigenvalue weighted by Gasteiger charge is 2.35. The minimum absolute atomic E-state index is 0.0784. The van der Waals surface area contributed by atoms with Gasteiger partial charge in [-0.25, -0.2) is 4.39 Å². The topological polar surface area (TPSA) is 87.8 Å². The van der Waals surface area contributed by atoms with Gasteiger partial charge in [-0.05, 0) is 48.5 Å². The first-order valence-corrected chi connectivity index (χ1v) is 8.22. The number of nitrogens with zero attached hydrogens (tertiary/aromatic N) is 2. The zero-order valence-corrected chi connectivity index (χ0v) is 14.5. The summed E-state index contributed by atoms with van der Waals surface area (Å²) in [6.07, 6.45) is 0.0784. The normalized spacial score (nSPS) is 16.5. The molecule has 8 heteroatoms. The Hall–Kier alpha value is -2.74. The van der Waals surface area contributed by atoms with E-state index in [1.165, 1.54) is 29.3 Å². The smallest absolute Gasteiger partial charge is 0.271 e. The van der Waals surface area contributed by atoms with Crippen molar-refractivity contribution in [3.05, 3.63) is 58.8 Å². The first-order valence-electron chi connectivity index (χ1n) is 7.42. The summed E-state index contributed by atoms with van der Waals surface area (Å²) in [4.78, 5) is 24.1. The minimum Gasteiger partial charge on any atom is -0.368 e. The van der Waals surface area contributed by atoms with E-state index in [2.05, 4.69) is 26.3 Å². The average molecular weight is 405 g/mol. The van der Waals surface area contributed by atoms with E-state index in [0.29, 0.717) is 11.4 Å². The lowest BCUT2D eigenvalue weighted by Gasteiger charge is -2.20. The summed E-state index contributed by atoms with van der Waals surface area (Å²) in [6, 6.07) is 11.7. The molecule has 0 radical (unpaired) electrons. The Morgan fingerprint density at radius 3 is 2.40 bits per heavy atom. The fraction of sp³-hybridized carbons (Fsp3) is 0.118. The monoisotopic (exact) mass is 404 g/mol. The van der Waals surface area contributed by atoms with E-state index >= 15 is 0 Å². The van der Waals surface area contributed by atoms with Crippen LogP contribution in [0, 0.1) is 5.82 Å². The van der Waals surface area contributed by atoms with Crippen molar-refractivity contribution in [2.24, 2.45) is 10.8 Å². The summed E-state index contributed by atoms with van der Waals surface area (Å²) in [5, 5.41) is 8.28. The van der Waals surface area contributed by atoms with Crippen molar-refractivity contribution in [3.8, 4) is 0 Å². The Morgan fingerprint density at radius 1 is 1.16 bits per heavy atom. The van der Waals surface area contributed by atoms with E-state index < -0.39 is 23.7 Å². The van der Waals surface area contributed by atoms with E-state index in [1.54, 1.807) is 24.3 Å². The number of nitrogens with one attached hydrogen (secondary N) is 1. The van der Waals surface area contributed by atoms with Gasteiger partial charge in [0.2, 0.25) is 5.91 Å². The molecule has 0 saturated heterocycles. The molecule has 2 amide bonds. The van der Waals surface area contributed by atoms with E-state index in [-0.39, 0.29) is 12.1 Å². The van der Waals surface area contributed by atoms with Crippen LogP contribution in [-0.2, 0) is 9.59 Å². The molecule has 6 nitrogen and oxygen atoms in total. The van der Waals surface area contributed by atoms with Gasteiger partial charge in [-0.2, -0.15) is 5.10 Å². The second-order valence-corrected chi connectivity index (χ2v) is 6.37. The van der Waals surface area contributed by atoms with Crippen LogP contribution in [0.15, 0.2) is 58.1 Å². The fourth-order valence-corrected chi connectivity index (χ4v) is 2.70. The quantitative estimate of drug-likeness (QED) is 0.820. The van der Waals surface area contributed by atoms with Gasteiger partial charge in [-0.3, -0.25) is 14.6 Å². The van der Waals surface area contributed by atoms with Crippen molar-refractivity contribution in [1.29, 1.82) is 0 Å². The molecule has 3 rings (SSSR count). The predicted molar refractivity (Wildman–Crippen MR) is 96.7 cm³/mol. The molecule has 1 aliphatic rings. The van der Waals surface area contributed by atoms with Crippen molar-refractivity contribution >= 4 is 44.8 Å². The third-order valence-corrected chi connectivity index (χ3v) is 4.22. The average Bonchev–Trinajstić information content (AvgIpc) is 3.03. The van der Waals surface area contributed by atoms with Crippen LogP contribution in [-0.4, -0.2) is 23.6 Å². The number of anilines is 2. The lowest BCUT2D eigenvalue weighted by Crippen LogP contribution is -2.39. The molecular formula is C17H14BrFN4O2. The van der Waals surface area contributed by atoms with Gasteiger partial charge in [0.05, 0.1) is 5.69 Å². The van der Waals surface area contributed by atoms with Crippen molar-refractivity contribution in [3.63, 3.8) is 0 Å². The number of amides is 2. The number of primary amides is 1. The van der Waals surface area contributed by atoms with Crippen LogP contribution in [0.4, 0.5) is 15.8 Å². The number of hydrogen-bond acceptors (Lipinski definition) is 4. The van der Waals surface area contributed by atoms with E-state index in [9.17, 15) is 14.0 Å². The summed E-state index contributed by atoms with van der Waals surface area (Å²) in [5.74, 6) is -1.44. The number of nitrogens with two attached hydrogens (primary N) is 1. The second kappa shape index (κ2) is 7.02. The molecule has 25 heavy (non-hydrogen) atoms.